The number of aromatic hydroxyl groups is 2. The van der Waals surface area contributed by atoms with Crippen LogP contribution in [-0.4, -0.2) is 35.1 Å². The predicted molar refractivity (Wildman–Crippen MR) is 133 cm³/mol. The molecule has 0 saturated carbocycles. The average Bonchev–Trinajstić information content (AvgIpc) is 2.81. The molecule has 0 spiro atoms. The fourth-order valence-corrected chi connectivity index (χ4v) is 4.02. The van der Waals surface area contributed by atoms with E-state index in [0.717, 1.165) is 0 Å². The molecule has 0 saturated heterocycles. The van der Waals surface area contributed by atoms with Gasteiger partial charge in [-0.25, -0.2) is 0 Å². The van der Waals surface area contributed by atoms with Crippen molar-refractivity contribution < 1.29 is 19.9 Å². The van der Waals surface area contributed by atoms with E-state index in [0.29, 0.717) is 16.9 Å². The van der Waals surface area contributed by atoms with Crippen molar-refractivity contribution in [3.8, 4) is 17.5 Å². The second kappa shape index (κ2) is 9.97. The number of hydrogen-bond donors (Lipinski definition) is 6. The van der Waals surface area contributed by atoms with Crippen molar-refractivity contribution in [3.05, 3.63) is 111 Å². The summed E-state index contributed by atoms with van der Waals surface area (Å²) in [5.41, 5.74) is -1.18. The lowest BCUT2D eigenvalue weighted by atomic mass is 9.87. The minimum Gasteiger partial charge on any atom is -0.494 e. The molecule has 0 radical (unpaired) electrons. The Balaban J connectivity index is 1.78. The van der Waals surface area contributed by atoms with Gasteiger partial charge in [-0.2, -0.15) is 0 Å². The number of hydrogen-bond acceptors (Lipinski definition) is 9. The van der Waals surface area contributed by atoms with Gasteiger partial charge in [-0.15, -0.1) is 0 Å². The van der Waals surface area contributed by atoms with Gasteiger partial charge in [0.05, 0.1) is 22.0 Å². The molecule has 2 aromatic carbocycles. The zero-order valence-electron chi connectivity index (χ0n) is 18.1. The fourth-order valence-electron chi connectivity index (χ4n) is 3.65. The SMILES string of the molecule is O=c1[nH]c(=S)[nH]c(O)c1C(c1cccc(OCc2ccc([N+](=O)[O-])cc2)c1)c1c(O)[nH]c(=S)[nH]c1=O. The summed E-state index contributed by atoms with van der Waals surface area (Å²) in [5.74, 6) is -2.12. The van der Waals surface area contributed by atoms with E-state index < -0.39 is 33.7 Å². The number of nitro groups is 1. The Kier molecular flexibility index (Phi) is 6.80. The fraction of sp³-hybridized carbons (Fsp3) is 0.0909. The molecule has 2 aromatic heterocycles. The number of nitro benzene ring substituents is 1. The number of aromatic nitrogens is 4. The van der Waals surface area contributed by atoms with Crippen LogP contribution in [0.4, 0.5) is 5.69 Å². The van der Waals surface area contributed by atoms with Gasteiger partial charge in [0, 0.05) is 12.1 Å². The van der Waals surface area contributed by atoms with Gasteiger partial charge in [0.25, 0.3) is 16.8 Å². The Morgan fingerprint density at radius 1 is 0.889 bits per heavy atom. The maximum Gasteiger partial charge on any atom is 0.269 e. The topological polar surface area (TPSA) is 190 Å². The number of non-ortho nitro benzene ring substituents is 1. The highest BCUT2D eigenvalue weighted by atomic mass is 32.1. The van der Waals surface area contributed by atoms with E-state index >= 15 is 0 Å². The normalized spacial score (nSPS) is 10.9. The van der Waals surface area contributed by atoms with E-state index in [4.69, 9.17) is 29.2 Å². The summed E-state index contributed by atoms with van der Waals surface area (Å²) < 4.78 is 5.53. The molecule has 4 aromatic rings. The van der Waals surface area contributed by atoms with Crippen LogP contribution in [0.25, 0.3) is 0 Å². The molecule has 12 nitrogen and oxygen atoms in total. The molecule has 0 aliphatic heterocycles. The van der Waals surface area contributed by atoms with Crippen LogP contribution in [-0.2, 0) is 6.61 Å². The summed E-state index contributed by atoms with van der Waals surface area (Å²) >= 11 is 9.79. The van der Waals surface area contributed by atoms with Crippen LogP contribution < -0.4 is 15.9 Å². The maximum atomic E-state index is 12.8. The van der Waals surface area contributed by atoms with Crippen molar-refractivity contribution in [2.45, 2.75) is 12.5 Å². The van der Waals surface area contributed by atoms with Crippen LogP contribution >= 0.6 is 24.4 Å². The Morgan fingerprint density at radius 3 is 1.94 bits per heavy atom. The van der Waals surface area contributed by atoms with E-state index in [2.05, 4.69) is 19.9 Å². The van der Waals surface area contributed by atoms with Gasteiger partial charge in [0.1, 0.15) is 12.4 Å². The molecular formula is C22H17N5O7S2. The third kappa shape index (κ3) is 5.08. The molecule has 4 rings (SSSR count). The summed E-state index contributed by atoms with van der Waals surface area (Å²) in [6.45, 7) is 0.0701. The molecule has 36 heavy (non-hydrogen) atoms. The van der Waals surface area contributed by atoms with Gasteiger partial charge < -0.3 is 24.9 Å². The maximum absolute atomic E-state index is 12.8. The summed E-state index contributed by atoms with van der Waals surface area (Å²) in [7, 11) is 0. The predicted octanol–water partition coefficient (Wildman–Crippen LogP) is 3.26. The highest BCUT2D eigenvalue weighted by molar-refractivity contribution is 7.71. The molecular weight excluding hydrogens is 510 g/mol. The lowest BCUT2D eigenvalue weighted by molar-refractivity contribution is -0.384. The average molecular weight is 528 g/mol. The van der Waals surface area contributed by atoms with Crippen molar-refractivity contribution in [1.29, 1.82) is 0 Å². The molecule has 0 bridgehead atoms. The van der Waals surface area contributed by atoms with Crippen molar-refractivity contribution in [2.24, 2.45) is 0 Å². The second-order valence-corrected chi connectivity index (χ2v) is 8.38. The number of aromatic amines is 4. The number of nitrogens with one attached hydrogen (secondary N) is 4. The second-order valence-electron chi connectivity index (χ2n) is 7.56. The van der Waals surface area contributed by atoms with Crippen LogP contribution in [0.2, 0.25) is 0 Å². The largest absolute Gasteiger partial charge is 0.494 e. The molecule has 0 amide bonds. The zero-order chi connectivity index (χ0) is 26.0. The first-order valence-corrected chi connectivity index (χ1v) is 11.0. The van der Waals surface area contributed by atoms with Gasteiger partial charge >= 0.3 is 0 Å². The first-order valence-electron chi connectivity index (χ1n) is 10.2. The lowest BCUT2D eigenvalue weighted by Gasteiger charge is -2.19. The van der Waals surface area contributed by atoms with Gasteiger partial charge in [-0.05, 0) is 59.8 Å². The van der Waals surface area contributed by atoms with Crippen LogP contribution in [0.3, 0.4) is 0 Å². The number of rotatable bonds is 7. The number of nitrogens with zero attached hydrogens (tertiary/aromatic N) is 1. The first kappa shape index (κ1) is 24.6. The third-order valence-corrected chi connectivity index (χ3v) is 5.65. The molecule has 2 heterocycles. The van der Waals surface area contributed by atoms with Crippen LogP contribution in [0.5, 0.6) is 17.5 Å². The highest BCUT2D eigenvalue weighted by Gasteiger charge is 2.30. The van der Waals surface area contributed by atoms with E-state index in [1.54, 1.807) is 30.3 Å². The minimum atomic E-state index is -1.26. The molecule has 0 aliphatic carbocycles. The van der Waals surface area contributed by atoms with Crippen molar-refractivity contribution in [2.75, 3.05) is 0 Å². The summed E-state index contributed by atoms with van der Waals surface area (Å²) in [4.78, 5) is 45.5. The summed E-state index contributed by atoms with van der Waals surface area (Å²) in [6, 6.07) is 12.1. The quantitative estimate of drug-likeness (QED) is 0.119. The molecule has 0 aliphatic rings. The van der Waals surface area contributed by atoms with Crippen LogP contribution in [0.15, 0.2) is 58.1 Å². The molecule has 184 valence electrons. The van der Waals surface area contributed by atoms with Gasteiger partial charge in [-0.3, -0.25) is 29.7 Å². The Labute approximate surface area is 211 Å². The zero-order valence-corrected chi connectivity index (χ0v) is 19.7. The molecule has 6 N–H and O–H groups in total. The van der Waals surface area contributed by atoms with Gasteiger partial charge in [0.2, 0.25) is 0 Å². The smallest absolute Gasteiger partial charge is 0.269 e. The monoisotopic (exact) mass is 527 g/mol. The minimum absolute atomic E-state index is 0.0533. The molecule has 0 atom stereocenters. The Hall–Kier alpha value is -4.56. The third-order valence-electron chi connectivity index (χ3n) is 5.24. The van der Waals surface area contributed by atoms with Crippen molar-refractivity contribution in [3.63, 3.8) is 0 Å². The number of ether oxygens (including phenoxy) is 1. The summed E-state index contributed by atoms with van der Waals surface area (Å²) in [5, 5.41) is 31.9. The van der Waals surface area contributed by atoms with E-state index in [9.17, 15) is 29.9 Å². The number of benzene rings is 2. The van der Waals surface area contributed by atoms with Crippen LogP contribution in [0, 0.1) is 19.7 Å². The molecule has 0 fully saturated rings. The highest BCUT2D eigenvalue weighted by Crippen LogP contribution is 2.36. The molecule has 14 heteroatoms. The Morgan fingerprint density at radius 2 is 1.44 bits per heavy atom. The molecule has 0 unspecified atom stereocenters. The number of H-pyrrole nitrogens is 4. The summed E-state index contributed by atoms with van der Waals surface area (Å²) in [6.07, 6.45) is 0. The van der Waals surface area contributed by atoms with E-state index in [-0.39, 0.29) is 33.0 Å². The van der Waals surface area contributed by atoms with Crippen LogP contribution in [0.1, 0.15) is 28.2 Å². The standard InChI is InChI=1S/C22H17N5O7S2/c28-17-15(18(29)24-21(35)23-17)14(16-19(30)25-22(36)26-20(16)31)11-2-1-3-13(8-11)34-9-10-4-6-12(7-5-10)27(32)33/h1-8,14H,9H2,(H3,23,24,28,29,35)(H3,25,26,30,31,36). The van der Waals surface area contributed by atoms with E-state index in [1.807, 2.05) is 0 Å². The Bertz CT molecular complexity index is 1620. The van der Waals surface area contributed by atoms with Crippen molar-refractivity contribution in [1.82, 2.24) is 19.9 Å². The van der Waals surface area contributed by atoms with Gasteiger partial charge in [0.15, 0.2) is 21.3 Å². The first-order chi connectivity index (χ1) is 17.1. The van der Waals surface area contributed by atoms with Crippen molar-refractivity contribution >= 4 is 30.1 Å². The van der Waals surface area contributed by atoms with E-state index in [1.165, 1.54) is 18.2 Å². The van der Waals surface area contributed by atoms with Gasteiger partial charge in [-0.1, -0.05) is 12.1 Å². The lowest BCUT2D eigenvalue weighted by Crippen LogP contribution is -2.25.